The van der Waals surface area contributed by atoms with Crippen LogP contribution in [0.4, 0.5) is 0 Å². The van der Waals surface area contributed by atoms with Crippen LogP contribution in [0.3, 0.4) is 0 Å². The highest BCUT2D eigenvalue weighted by Crippen LogP contribution is 2.18. The van der Waals surface area contributed by atoms with Crippen LogP contribution in [0.1, 0.15) is 62.2 Å². The fourth-order valence-corrected chi connectivity index (χ4v) is 2.01. The number of benzene rings is 1. The van der Waals surface area contributed by atoms with Crippen LogP contribution in [-0.4, -0.2) is 17.7 Å². The Morgan fingerprint density at radius 3 is 2.37 bits per heavy atom. The van der Waals surface area contributed by atoms with Crippen molar-refractivity contribution in [3.8, 4) is 5.75 Å². The van der Waals surface area contributed by atoms with Crippen molar-refractivity contribution in [3.63, 3.8) is 0 Å². The van der Waals surface area contributed by atoms with Crippen molar-refractivity contribution in [2.75, 3.05) is 6.61 Å². The van der Waals surface area contributed by atoms with Gasteiger partial charge >= 0.3 is 5.97 Å². The molecule has 19 heavy (non-hydrogen) atoms. The van der Waals surface area contributed by atoms with E-state index in [1.165, 1.54) is 32.1 Å². The summed E-state index contributed by atoms with van der Waals surface area (Å²) in [5, 5.41) is 9.01. The molecule has 0 bridgehead atoms. The maximum absolute atomic E-state index is 11.0. The SMILES string of the molecule is CCCCCCCCCOc1ccccc1C(=O)O. The molecule has 0 atom stereocenters. The predicted molar refractivity (Wildman–Crippen MR) is 76.9 cm³/mol. The lowest BCUT2D eigenvalue weighted by Crippen LogP contribution is -2.04. The van der Waals surface area contributed by atoms with Gasteiger partial charge in [0.15, 0.2) is 0 Å². The van der Waals surface area contributed by atoms with Crippen molar-refractivity contribution in [2.24, 2.45) is 0 Å². The highest BCUT2D eigenvalue weighted by molar-refractivity contribution is 5.90. The zero-order valence-corrected chi connectivity index (χ0v) is 11.7. The van der Waals surface area contributed by atoms with Gasteiger partial charge in [-0.3, -0.25) is 0 Å². The van der Waals surface area contributed by atoms with Crippen molar-refractivity contribution < 1.29 is 14.6 Å². The van der Waals surface area contributed by atoms with Crippen molar-refractivity contribution in [1.82, 2.24) is 0 Å². The Morgan fingerprint density at radius 2 is 1.68 bits per heavy atom. The summed E-state index contributed by atoms with van der Waals surface area (Å²) in [5.41, 5.74) is 0.241. The second-order valence-electron chi connectivity index (χ2n) is 4.77. The van der Waals surface area contributed by atoms with E-state index in [1.807, 2.05) is 0 Å². The lowest BCUT2D eigenvalue weighted by molar-refractivity contribution is 0.0692. The number of hydrogen-bond acceptors (Lipinski definition) is 2. The molecule has 0 aromatic heterocycles. The predicted octanol–water partition coefficient (Wildman–Crippen LogP) is 4.51. The minimum atomic E-state index is -0.935. The van der Waals surface area contributed by atoms with Gasteiger partial charge in [0, 0.05) is 0 Å². The molecular weight excluding hydrogens is 240 g/mol. The molecule has 0 aliphatic heterocycles. The molecule has 0 saturated carbocycles. The van der Waals surface area contributed by atoms with Gasteiger partial charge in [-0.2, -0.15) is 0 Å². The summed E-state index contributed by atoms with van der Waals surface area (Å²) >= 11 is 0. The molecule has 0 aliphatic rings. The van der Waals surface area contributed by atoms with E-state index in [4.69, 9.17) is 9.84 Å². The molecule has 106 valence electrons. The number of carboxylic acids is 1. The monoisotopic (exact) mass is 264 g/mol. The van der Waals surface area contributed by atoms with Gasteiger partial charge in [-0.15, -0.1) is 0 Å². The van der Waals surface area contributed by atoms with E-state index < -0.39 is 5.97 Å². The molecular formula is C16H24O3. The molecule has 0 aliphatic carbocycles. The van der Waals surface area contributed by atoms with Gasteiger partial charge in [0.2, 0.25) is 0 Å². The first-order valence-corrected chi connectivity index (χ1v) is 7.20. The molecule has 0 radical (unpaired) electrons. The van der Waals surface area contributed by atoms with Crippen LogP contribution in [0, 0.1) is 0 Å². The Hall–Kier alpha value is -1.51. The molecule has 3 heteroatoms. The van der Waals surface area contributed by atoms with Gasteiger partial charge in [-0.1, -0.05) is 57.6 Å². The Kier molecular flexibility index (Phi) is 7.71. The molecule has 1 aromatic rings. The van der Waals surface area contributed by atoms with E-state index in [0.29, 0.717) is 12.4 Å². The second kappa shape index (κ2) is 9.42. The molecule has 0 fully saturated rings. The molecule has 0 unspecified atom stereocenters. The van der Waals surface area contributed by atoms with Crippen LogP contribution in [0.15, 0.2) is 24.3 Å². The van der Waals surface area contributed by atoms with E-state index >= 15 is 0 Å². The smallest absolute Gasteiger partial charge is 0.339 e. The molecule has 1 aromatic carbocycles. The Morgan fingerprint density at radius 1 is 1.05 bits per heavy atom. The molecule has 1 N–H and O–H groups in total. The number of rotatable bonds is 10. The summed E-state index contributed by atoms with van der Waals surface area (Å²) in [5.74, 6) is -0.462. The van der Waals surface area contributed by atoms with E-state index in [9.17, 15) is 4.79 Å². The third-order valence-corrected chi connectivity index (χ3v) is 3.12. The molecule has 0 heterocycles. The molecule has 0 amide bonds. The number of para-hydroxylation sites is 1. The standard InChI is InChI=1S/C16H24O3/c1-2-3-4-5-6-7-10-13-19-15-12-9-8-11-14(15)16(17)18/h8-9,11-12H,2-7,10,13H2,1H3,(H,17,18). The van der Waals surface area contributed by atoms with Crippen LogP contribution < -0.4 is 4.74 Å². The number of ether oxygens (including phenoxy) is 1. The normalized spacial score (nSPS) is 10.4. The summed E-state index contributed by atoms with van der Waals surface area (Å²) in [6, 6.07) is 6.80. The molecule has 0 spiro atoms. The second-order valence-corrected chi connectivity index (χ2v) is 4.77. The first-order chi connectivity index (χ1) is 9.25. The quantitative estimate of drug-likeness (QED) is 0.632. The van der Waals surface area contributed by atoms with Gasteiger partial charge in [-0.05, 0) is 18.6 Å². The number of carboxylic acid groups (broad SMARTS) is 1. The van der Waals surface area contributed by atoms with Crippen LogP contribution in [0.25, 0.3) is 0 Å². The first kappa shape index (κ1) is 15.5. The highest BCUT2D eigenvalue weighted by Gasteiger charge is 2.09. The summed E-state index contributed by atoms with van der Waals surface area (Å²) < 4.78 is 5.55. The third-order valence-electron chi connectivity index (χ3n) is 3.12. The minimum absolute atomic E-state index is 0.241. The average Bonchev–Trinajstić information content (AvgIpc) is 2.42. The topological polar surface area (TPSA) is 46.5 Å². The number of hydrogen-bond donors (Lipinski definition) is 1. The van der Waals surface area contributed by atoms with Gasteiger partial charge in [-0.25, -0.2) is 4.79 Å². The largest absolute Gasteiger partial charge is 0.493 e. The Labute approximate surface area is 115 Å². The lowest BCUT2D eigenvalue weighted by Gasteiger charge is -2.08. The van der Waals surface area contributed by atoms with E-state index in [1.54, 1.807) is 24.3 Å². The summed E-state index contributed by atoms with van der Waals surface area (Å²) in [7, 11) is 0. The van der Waals surface area contributed by atoms with Crippen molar-refractivity contribution in [3.05, 3.63) is 29.8 Å². The average molecular weight is 264 g/mol. The van der Waals surface area contributed by atoms with Gasteiger partial charge in [0.1, 0.15) is 11.3 Å². The zero-order chi connectivity index (χ0) is 13.9. The fraction of sp³-hybridized carbons (Fsp3) is 0.562. The Bertz CT molecular complexity index is 374. The number of unbranched alkanes of at least 4 members (excludes halogenated alkanes) is 6. The Balaban J connectivity index is 2.17. The number of carbonyl (C=O) groups is 1. The first-order valence-electron chi connectivity index (χ1n) is 7.20. The molecule has 0 saturated heterocycles. The van der Waals surface area contributed by atoms with Crippen LogP contribution >= 0.6 is 0 Å². The van der Waals surface area contributed by atoms with E-state index in [-0.39, 0.29) is 5.56 Å². The maximum atomic E-state index is 11.0. The van der Waals surface area contributed by atoms with Gasteiger partial charge in [0.25, 0.3) is 0 Å². The zero-order valence-electron chi connectivity index (χ0n) is 11.7. The van der Waals surface area contributed by atoms with Crippen LogP contribution in [-0.2, 0) is 0 Å². The number of aromatic carboxylic acids is 1. The van der Waals surface area contributed by atoms with Gasteiger partial charge in [0.05, 0.1) is 6.61 Å². The van der Waals surface area contributed by atoms with Crippen molar-refractivity contribution in [1.29, 1.82) is 0 Å². The van der Waals surface area contributed by atoms with Crippen LogP contribution in [0.2, 0.25) is 0 Å². The fourth-order valence-electron chi connectivity index (χ4n) is 2.01. The van der Waals surface area contributed by atoms with E-state index in [0.717, 1.165) is 12.8 Å². The minimum Gasteiger partial charge on any atom is -0.493 e. The highest BCUT2D eigenvalue weighted by atomic mass is 16.5. The maximum Gasteiger partial charge on any atom is 0.339 e. The summed E-state index contributed by atoms with van der Waals surface area (Å²) in [6.07, 6.45) is 8.58. The summed E-state index contributed by atoms with van der Waals surface area (Å²) in [6.45, 7) is 2.81. The molecule has 1 rings (SSSR count). The third kappa shape index (κ3) is 6.27. The van der Waals surface area contributed by atoms with Crippen LogP contribution in [0.5, 0.6) is 5.75 Å². The van der Waals surface area contributed by atoms with E-state index in [2.05, 4.69) is 6.92 Å². The lowest BCUT2D eigenvalue weighted by atomic mass is 10.1. The van der Waals surface area contributed by atoms with Crippen molar-refractivity contribution in [2.45, 2.75) is 51.9 Å². The molecule has 3 nitrogen and oxygen atoms in total. The van der Waals surface area contributed by atoms with Crippen molar-refractivity contribution >= 4 is 5.97 Å². The summed E-state index contributed by atoms with van der Waals surface area (Å²) in [4.78, 5) is 11.0. The van der Waals surface area contributed by atoms with Gasteiger partial charge < -0.3 is 9.84 Å².